The normalized spacial score (nSPS) is 20.3. The van der Waals surface area contributed by atoms with Gasteiger partial charge in [0.2, 0.25) is 0 Å². The predicted molar refractivity (Wildman–Crippen MR) is 114 cm³/mol. The first-order chi connectivity index (χ1) is 15.7. The average molecular weight is 460 g/mol. The van der Waals surface area contributed by atoms with E-state index in [0.29, 0.717) is 25.2 Å². The minimum absolute atomic E-state index is 0.127. The number of hydrogen-bond acceptors (Lipinski definition) is 6. The van der Waals surface area contributed by atoms with Crippen molar-refractivity contribution in [3.05, 3.63) is 77.9 Å². The molecule has 0 amide bonds. The molecule has 2 aromatic rings. The minimum Gasteiger partial charge on any atom is -0.400 e. The second kappa shape index (κ2) is 9.27. The van der Waals surface area contributed by atoms with Crippen LogP contribution in [-0.4, -0.2) is 37.0 Å². The quantitative estimate of drug-likeness (QED) is 0.685. The van der Waals surface area contributed by atoms with E-state index >= 15 is 0 Å². The van der Waals surface area contributed by atoms with E-state index < -0.39 is 29.6 Å². The molecule has 2 aliphatic rings. The second-order valence-electron chi connectivity index (χ2n) is 7.96. The number of alkyl halides is 3. The van der Waals surface area contributed by atoms with Crippen LogP contribution in [0.4, 0.5) is 18.9 Å². The van der Waals surface area contributed by atoms with Crippen molar-refractivity contribution >= 4 is 17.6 Å². The number of carbonyl (C=O) groups is 2. The number of rotatable bonds is 5. The maximum Gasteiger partial charge on any atom is 0.416 e. The van der Waals surface area contributed by atoms with Crippen LogP contribution < -0.4 is 10.2 Å². The van der Waals surface area contributed by atoms with Crippen molar-refractivity contribution in [3.63, 3.8) is 0 Å². The molecule has 174 valence electrons. The molecule has 33 heavy (non-hydrogen) atoms. The number of nitrogens with one attached hydrogen (secondary N) is 1. The maximum atomic E-state index is 13.0. The standard InChI is InChI=1S/C24H23F3N2O4/c25-24(26,27)18-6-8-20(9-7-18)29-15-13-19(28-14-12-17-4-2-1-3-5-17)16-23(29)32-21(30)10-11-22(31)33-23/h1-11,19,28H,12-16H2. The number of anilines is 1. The lowest BCUT2D eigenvalue weighted by Gasteiger charge is -2.47. The molecule has 0 aromatic heterocycles. The molecule has 0 bridgehead atoms. The molecule has 6 nitrogen and oxygen atoms in total. The van der Waals surface area contributed by atoms with Crippen molar-refractivity contribution < 1.29 is 32.2 Å². The Morgan fingerprint density at radius 3 is 2.21 bits per heavy atom. The summed E-state index contributed by atoms with van der Waals surface area (Å²) in [5, 5.41) is 3.41. The fourth-order valence-electron chi connectivity index (χ4n) is 4.11. The number of carbonyl (C=O) groups excluding carboxylic acids is 2. The minimum atomic E-state index is -4.48. The van der Waals surface area contributed by atoms with Crippen LogP contribution in [0.2, 0.25) is 0 Å². The highest BCUT2D eigenvalue weighted by atomic mass is 19.4. The summed E-state index contributed by atoms with van der Waals surface area (Å²) >= 11 is 0. The molecule has 4 rings (SSSR count). The number of esters is 2. The molecule has 2 aliphatic heterocycles. The topological polar surface area (TPSA) is 67.9 Å². The summed E-state index contributed by atoms with van der Waals surface area (Å²) in [7, 11) is 0. The number of hydrogen-bond donors (Lipinski definition) is 1. The Morgan fingerprint density at radius 1 is 0.970 bits per heavy atom. The molecule has 2 heterocycles. The average Bonchev–Trinajstić information content (AvgIpc) is 2.91. The van der Waals surface area contributed by atoms with Gasteiger partial charge in [-0.2, -0.15) is 13.2 Å². The fourth-order valence-corrected chi connectivity index (χ4v) is 4.11. The number of ether oxygens (including phenoxy) is 2. The summed E-state index contributed by atoms with van der Waals surface area (Å²) in [6.07, 6.45) is -0.990. The molecule has 1 atom stereocenters. The Bertz CT molecular complexity index is 1000. The zero-order chi connectivity index (χ0) is 23.5. The first kappa shape index (κ1) is 22.8. The lowest BCUT2D eigenvalue weighted by atomic mass is 9.99. The van der Waals surface area contributed by atoms with E-state index in [2.05, 4.69) is 5.32 Å². The molecule has 1 spiro atoms. The third-order valence-corrected chi connectivity index (χ3v) is 5.69. The first-order valence-corrected chi connectivity index (χ1v) is 10.6. The van der Waals surface area contributed by atoms with E-state index in [1.54, 1.807) is 0 Å². The molecular formula is C24H23F3N2O4. The summed E-state index contributed by atoms with van der Waals surface area (Å²) in [5.74, 6) is -3.29. The van der Waals surface area contributed by atoms with Gasteiger partial charge >= 0.3 is 24.0 Å². The van der Waals surface area contributed by atoms with Crippen LogP contribution in [0.3, 0.4) is 0 Å². The second-order valence-corrected chi connectivity index (χ2v) is 7.96. The van der Waals surface area contributed by atoms with Crippen molar-refractivity contribution in [2.24, 2.45) is 0 Å². The smallest absolute Gasteiger partial charge is 0.400 e. The molecule has 0 saturated carbocycles. The molecule has 2 aromatic carbocycles. The molecule has 1 fully saturated rings. The highest BCUT2D eigenvalue weighted by Gasteiger charge is 2.50. The monoisotopic (exact) mass is 460 g/mol. The Balaban J connectivity index is 1.54. The van der Waals surface area contributed by atoms with E-state index in [1.165, 1.54) is 22.6 Å². The van der Waals surface area contributed by atoms with Gasteiger partial charge in [-0.05, 0) is 49.2 Å². The summed E-state index contributed by atoms with van der Waals surface area (Å²) < 4.78 is 50.1. The largest absolute Gasteiger partial charge is 0.416 e. The van der Waals surface area contributed by atoms with Crippen LogP contribution in [0.5, 0.6) is 0 Å². The van der Waals surface area contributed by atoms with Gasteiger partial charge in [0.05, 0.1) is 12.0 Å². The van der Waals surface area contributed by atoms with Crippen molar-refractivity contribution in [1.82, 2.24) is 5.32 Å². The van der Waals surface area contributed by atoms with Crippen molar-refractivity contribution in [1.29, 1.82) is 0 Å². The Kier molecular flexibility index (Phi) is 6.42. The van der Waals surface area contributed by atoms with Crippen LogP contribution in [0.1, 0.15) is 24.0 Å². The molecule has 9 heteroatoms. The zero-order valence-corrected chi connectivity index (χ0v) is 17.7. The van der Waals surface area contributed by atoms with Gasteiger partial charge < -0.3 is 19.7 Å². The Labute approximate surface area is 189 Å². The van der Waals surface area contributed by atoms with Crippen LogP contribution >= 0.6 is 0 Å². The van der Waals surface area contributed by atoms with Gasteiger partial charge in [-0.15, -0.1) is 0 Å². The Hall–Kier alpha value is -3.33. The molecule has 0 aliphatic carbocycles. The van der Waals surface area contributed by atoms with Gasteiger partial charge in [-0.3, -0.25) is 0 Å². The molecule has 1 unspecified atom stereocenters. The van der Waals surface area contributed by atoms with Gasteiger partial charge in [0.25, 0.3) is 0 Å². The molecule has 1 saturated heterocycles. The van der Waals surface area contributed by atoms with Crippen LogP contribution in [0.25, 0.3) is 0 Å². The third-order valence-electron chi connectivity index (χ3n) is 5.69. The first-order valence-electron chi connectivity index (χ1n) is 10.6. The summed E-state index contributed by atoms with van der Waals surface area (Å²) in [6, 6.07) is 14.3. The third kappa shape index (κ3) is 5.36. The van der Waals surface area contributed by atoms with Crippen molar-refractivity contribution in [2.75, 3.05) is 18.0 Å². The molecule has 1 N–H and O–H groups in total. The lowest BCUT2D eigenvalue weighted by molar-refractivity contribution is -0.228. The number of piperidine rings is 1. The van der Waals surface area contributed by atoms with E-state index in [9.17, 15) is 22.8 Å². The predicted octanol–water partition coefficient (Wildman–Crippen LogP) is 3.82. The highest BCUT2D eigenvalue weighted by Crippen LogP contribution is 2.38. The van der Waals surface area contributed by atoms with Crippen LogP contribution in [0.15, 0.2) is 66.7 Å². The summed E-state index contributed by atoms with van der Waals surface area (Å²) in [6.45, 7) is 0.958. The van der Waals surface area contributed by atoms with E-state index in [4.69, 9.17) is 9.47 Å². The highest BCUT2D eigenvalue weighted by molar-refractivity contribution is 5.93. The van der Waals surface area contributed by atoms with E-state index in [0.717, 1.165) is 30.7 Å². The van der Waals surface area contributed by atoms with Gasteiger partial charge in [-0.1, -0.05) is 30.3 Å². The van der Waals surface area contributed by atoms with Gasteiger partial charge in [0, 0.05) is 30.4 Å². The van der Waals surface area contributed by atoms with Gasteiger partial charge in [0.1, 0.15) is 0 Å². The zero-order valence-electron chi connectivity index (χ0n) is 17.7. The number of benzene rings is 2. The van der Waals surface area contributed by atoms with Crippen LogP contribution in [-0.2, 0) is 31.7 Å². The van der Waals surface area contributed by atoms with Gasteiger partial charge in [-0.25, -0.2) is 9.59 Å². The lowest BCUT2D eigenvalue weighted by Crippen LogP contribution is -2.62. The molecule has 0 radical (unpaired) electrons. The van der Waals surface area contributed by atoms with Crippen LogP contribution in [0, 0.1) is 0 Å². The number of halogens is 3. The van der Waals surface area contributed by atoms with E-state index in [1.807, 2.05) is 30.3 Å². The van der Waals surface area contributed by atoms with Crippen molar-refractivity contribution in [2.45, 2.75) is 37.4 Å². The van der Waals surface area contributed by atoms with Crippen molar-refractivity contribution in [3.8, 4) is 0 Å². The fraction of sp³-hybridized carbons (Fsp3) is 0.333. The number of nitrogens with zero attached hydrogens (tertiary/aromatic N) is 1. The maximum absolute atomic E-state index is 13.0. The SMILES string of the molecule is O=C1C=CC(=O)OC2(CC(NCCc3ccccc3)CCN2c2ccc(C(F)(F)F)cc2)O1. The molecular weight excluding hydrogens is 437 g/mol. The summed E-state index contributed by atoms with van der Waals surface area (Å²) in [5.41, 5.74) is 0.723. The summed E-state index contributed by atoms with van der Waals surface area (Å²) in [4.78, 5) is 26.0. The Morgan fingerprint density at radius 2 is 1.61 bits per heavy atom. The van der Waals surface area contributed by atoms with Gasteiger partial charge in [0.15, 0.2) is 0 Å². The van der Waals surface area contributed by atoms with E-state index in [-0.39, 0.29) is 12.5 Å².